The molecule has 6 nitrogen and oxygen atoms in total. The molecule has 0 amide bonds. The summed E-state index contributed by atoms with van der Waals surface area (Å²) in [6.45, 7) is 0.131. The number of hydrogen-bond donors (Lipinski definition) is 1. The molecule has 0 unspecified atom stereocenters. The van der Waals surface area contributed by atoms with Crippen molar-refractivity contribution in [3.63, 3.8) is 0 Å². The van der Waals surface area contributed by atoms with Crippen LogP contribution in [0.1, 0.15) is 17.0 Å². The average Bonchev–Trinajstić information content (AvgIpc) is 3.61. The highest BCUT2D eigenvalue weighted by Crippen LogP contribution is 2.29. The Bertz CT molecular complexity index is 1800. The van der Waals surface area contributed by atoms with Gasteiger partial charge in [-0.25, -0.2) is 14.1 Å². The van der Waals surface area contributed by atoms with Gasteiger partial charge in [-0.15, -0.1) is 0 Å². The minimum atomic E-state index is -0.297. The van der Waals surface area contributed by atoms with Crippen molar-refractivity contribution in [2.24, 2.45) is 0 Å². The van der Waals surface area contributed by atoms with E-state index < -0.39 is 0 Å². The van der Waals surface area contributed by atoms with Gasteiger partial charge in [0.2, 0.25) is 0 Å². The summed E-state index contributed by atoms with van der Waals surface area (Å²) in [4.78, 5) is 7.83. The fourth-order valence-corrected chi connectivity index (χ4v) is 4.31. The first kappa shape index (κ1) is 23.9. The predicted octanol–water partition coefficient (Wildman–Crippen LogP) is 7.20. The summed E-state index contributed by atoms with van der Waals surface area (Å²) < 4.78 is 21.5. The van der Waals surface area contributed by atoms with E-state index in [2.05, 4.69) is 16.0 Å². The first-order valence-electron chi connectivity index (χ1n) is 12.4. The topological polar surface area (TPSA) is 79.5 Å². The minimum absolute atomic E-state index is 0.131. The van der Waals surface area contributed by atoms with Crippen molar-refractivity contribution in [2.45, 2.75) is 6.61 Å². The lowest BCUT2D eigenvalue weighted by Gasteiger charge is -2.08. The van der Waals surface area contributed by atoms with Crippen LogP contribution in [0.25, 0.3) is 39.6 Å². The van der Waals surface area contributed by atoms with Crippen LogP contribution < -0.4 is 4.74 Å². The molecule has 0 saturated carbocycles. The van der Waals surface area contributed by atoms with Gasteiger partial charge in [-0.3, -0.25) is 0 Å². The van der Waals surface area contributed by atoms with Gasteiger partial charge >= 0.3 is 0 Å². The van der Waals surface area contributed by atoms with Crippen molar-refractivity contribution in [1.82, 2.24) is 19.7 Å². The molecular weight excluding hydrogens is 489 g/mol. The summed E-state index contributed by atoms with van der Waals surface area (Å²) in [7, 11) is 0. The molecule has 4 aromatic carbocycles. The number of nitrogens with zero attached hydrogens (tertiary/aromatic N) is 4. The molecule has 0 bridgehead atoms. The number of fused-ring (bicyclic) bond motifs is 1. The quantitative estimate of drug-likeness (QED) is 0.230. The molecule has 0 radical (unpaired) electrons. The average molecular weight is 512 g/mol. The first-order chi connectivity index (χ1) is 19.2. The number of para-hydroxylation sites is 3. The predicted molar refractivity (Wildman–Crippen MR) is 149 cm³/mol. The largest absolute Gasteiger partial charge is 0.489 e. The molecule has 6 rings (SSSR count). The van der Waals surface area contributed by atoms with Crippen molar-refractivity contribution in [3.8, 4) is 28.8 Å². The van der Waals surface area contributed by atoms with Crippen molar-refractivity contribution < 1.29 is 9.13 Å². The van der Waals surface area contributed by atoms with Crippen LogP contribution in [-0.2, 0) is 6.61 Å². The number of nitriles is 1. The number of H-pyrrole nitrogens is 1. The molecule has 6 aromatic rings. The number of aromatic nitrogens is 4. The van der Waals surface area contributed by atoms with Gasteiger partial charge < -0.3 is 9.72 Å². The highest BCUT2D eigenvalue weighted by Gasteiger charge is 2.15. The molecule has 0 saturated heterocycles. The number of aromatic amines is 1. The number of benzene rings is 4. The van der Waals surface area contributed by atoms with Crippen molar-refractivity contribution in [1.29, 1.82) is 5.26 Å². The molecule has 1 N–H and O–H groups in total. The van der Waals surface area contributed by atoms with E-state index in [0.717, 1.165) is 27.8 Å². The van der Waals surface area contributed by atoms with Crippen LogP contribution in [-0.4, -0.2) is 19.7 Å². The van der Waals surface area contributed by atoms with Crippen LogP contribution in [0.15, 0.2) is 109 Å². The van der Waals surface area contributed by atoms with Gasteiger partial charge in [0.15, 0.2) is 0 Å². The number of nitrogens with one attached hydrogen (secondary N) is 1. The zero-order valence-electron chi connectivity index (χ0n) is 20.8. The summed E-state index contributed by atoms with van der Waals surface area (Å²) in [5.41, 5.74) is 5.73. The molecule has 0 aliphatic rings. The van der Waals surface area contributed by atoms with Gasteiger partial charge in [0.1, 0.15) is 30.1 Å². The number of halogens is 1. The fraction of sp³-hybridized carbons (Fsp3) is 0.0312. The molecule has 2 heterocycles. The first-order valence-corrected chi connectivity index (χ1v) is 12.4. The van der Waals surface area contributed by atoms with Crippen molar-refractivity contribution in [2.75, 3.05) is 0 Å². The molecule has 0 aliphatic heterocycles. The molecule has 2 aromatic heterocycles. The lowest BCUT2D eigenvalue weighted by molar-refractivity contribution is 0.300. The normalized spacial score (nSPS) is 11.4. The molecule has 188 valence electrons. The van der Waals surface area contributed by atoms with Crippen LogP contribution >= 0.6 is 0 Å². The van der Waals surface area contributed by atoms with E-state index in [4.69, 9.17) is 9.84 Å². The zero-order chi connectivity index (χ0) is 26.6. The van der Waals surface area contributed by atoms with Crippen molar-refractivity contribution in [3.05, 3.63) is 132 Å². The van der Waals surface area contributed by atoms with Gasteiger partial charge in [-0.2, -0.15) is 10.4 Å². The Morgan fingerprint density at radius 1 is 0.923 bits per heavy atom. The maximum Gasteiger partial charge on any atom is 0.149 e. The van der Waals surface area contributed by atoms with Crippen LogP contribution in [0.4, 0.5) is 4.39 Å². The second-order valence-electron chi connectivity index (χ2n) is 8.89. The van der Waals surface area contributed by atoms with E-state index in [1.807, 2.05) is 85.1 Å². The van der Waals surface area contributed by atoms with Gasteiger partial charge in [0.25, 0.3) is 0 Å². The Morgan fingerprint density at radius 3 is 2.44 bits per heavy atom. The highest BCUT2D eigenvalue weighted by molar-refractivity contribution is 5.92. The third kappa shape index (κ3) is 5.04. The third-order valence-corrected chi connectivity index (χ3v) is 6.31. The highest BCUT2D eigenvalue weighted by atomic mass is 19.1. The summed E-state index contributed by atoms with van der Waals surface area (Å²) in [6, 6.07) is 33.7. The molecule has 7 heteroatoms. The maximum atomic E-state index is 14.0. The minimum Gasteiger partial charge on any atom is -0.489 e. The fourth-order valence-electron chi connectivity index (χ4n) is 4.31. The maximum absolute atomic E-state index is 14.0. The van der Waals surface area contributed by atoms with E-state index in [-0.39, 0.29) is 12.4 Å². The SMILES string of the molecule is N#C/C(=C/c1cn(-c2ccccc2)nc1-c1ccc(OCc2ccccc2F)cc1)c1nc2ccccc2[nH]1. The Kier molecular flexibility index (Phi) is 6.42. The smallest absolute Gasteiger partial charge is 0.149 e. The van der Waals surface area contributed by atoms with Gasteiger partial charge in [0, 0.05) is 22.9 Å². The van der Waals surface area contributed by atoms with E-state index in [1.54, 1.807) is 29.0 Å². The Morgan fingerprint density at radius 2 is 1.67 bits per heavy atom. The van der Waals surface area contributed by atoms with Crippen molar-refractivity contribution >= 4 is 22.7 Å². The Labute approximate surface area is 224 Å². The van der Waals surface area contributed by atoms with E-state index in [1.165, 1.54) is 6.07 Å². The number of hydrogen-bond acceptors (Lipinski definition) is 4. The molecule has 0 fully saturated rings. The molecular formula is C32H22FN5O. The zero-order valence-corrected chi connectivity index (χ0v) is 20.8. The second-order valence-corrected chi connectivity index (χ2v) is 8.89. The Hall–Kier alpha value is -5.48. The van der Waals surface area contributed by atoms with Crippen LogP contribution in [0, 0.1) is 17.1 Å². The number of allylic oxidation sites excluding steroid dienone is 1. The summed E-state index contributed by atoms with van der Waals surface area (Å²) in [5.74, 6) is 0.810. The molecule has 0 aliphatic carbocycles. The number of rotatable bonds is 7. The monoisotopic (exact) mass is 511 g/mol. The Balaban J connectivity index is 1.36. The van der Waals surface area contributed by atoms with Crippen LogP contribution in [0.2, 0.25) is 0 Å². The second kappa shape index (κ2) is 10.5. The van der Waals surface area contributed by atoms with E-state index in [0.29, 0.717) is 28.4 Å². The summed E-state index contributed by atoms with van der Waals surface area (Å²) >= 11 is 0. The van der Waals surface area contributed by atoms with Gasteiger partial charge in [-0.1, -0.05) is 48.5 Å². The van der Waals surface area contributed by atoms with Gasteiger partial charge in [-0.05, 0) is 60.7 Å². The summed E-state index contributed by atoms with van der Waals surface area (Å²) in [5, 5.41) is 14.9. The third-order valence-electron chi connectivity index (χ3n) is 6.31. The molecule has 39 heavy (non-hydrogen) atoms. The van der Waals surface area contributed by atoms with Gasteiger partial charge in [0.05, 0.1) is 28.0 Å². The van der Waals surface area contributed by atoms with Crippen LogP contribution in [0.3, 0.4) is 0 Å². The summed E-state index contributed by atoms with van der Waals surface area (Å²) in [6.07, 6.45) is 3.69. The number of ether oxygens (including phenoxy) is 1. The number of imidazole rings is 1. The standard InChI is InChI=1S/C32H22FN5O/c33-28-11-5-4-8-23(28)21-39-27-16-14-22(15-17-27)31-25(20-38(37-31)26-9-2-1-3-10-26)18-24(19-34)32-35-29-12-6-7-13-30(29)36-32/h1-18,20H,21H2,(H,35,36)/b24-18-. The van der Waals surface area contributed by atoms with E-state index in [9.17, 15) is 9.65 Å². The molecule has 0 atom stereocenters. The lowest BCUT2D eigenvalue weighted by atomic mass is 10.1. The van der Waals surface area contributed by atoms with Crippen LogP contribution in [0.5, 0.6) is 5.75 Å². The molecule has 0 spiro atoms. The lowest BCUT2D eigenvalue weighted by Crippen LogP contribution is -1.98. The van der Waals surface area contributed by atoms with E-state index >= 15 is 0 Å².